The molecule has 10 heteroatoms. The molecule has 0 aliphatic carbocycles. The van der Waals surface area contributed by atoms with Crippen LogP contribution in [0.25, 0.3) is 11.2 Å². The maximum absolute atomic E-state index is 12.5. The Hall–Kier alpha value is -3.69. The summed E-state index contributed by atoms with van der Waals surface area (Å²) in [5.41, 5.74) is 8.83. The summed E-state index contributed by atoms with van der Waals surface area (Å²) in [6.07, 6.45) is 5.77. The highest BCUT2D eigenvalue weighted by Gasteiger charge is 2.31. The van der Waals surface area contributed by atoms with Gasteiger partial charge in [0.05, 0.1) is 6.33 Å². The third kappa shape index (κ3) is 3.83. The van der Waals surface area contributed by atoms with Crippen molar-refractivity contribution in [2.75, 3.05) is 18.0 Å². The van der Waals surface area contributed by atoms with Crippen LogP contribution in [-0.2, 0) is 22.6 Å². The molecule has 0 bridgehead atoms. The van der Waals surface area contributed by atoms with Gasteiger partial charge in [0.2, 0.25) is 11.8 Å². The van der Waals surface area contributed by atoms with Crippen molar-refractivity contribution >= 4 is 28.8 Å². The first kappa shape index (κ1) is 20.2. The Morgan fingerprint density at radius 3 is 2.97 bits per heavy atom. The summed E-state index contributed by atoms with van der Waals surface area (Å²) < 4.78 is 6.51. The second-order valence-corrected chi connectivity index (χ2v) is 8.13. The van der Waals surface area contributed by atoms with Crippen LogP contribution in [0, 0.1) is 0 Å². The predicted octanol–water partition coefficient (Wildman–Crippen LogP) is 1.51. The molecule has 2 amide bonds. The van der Waals surface area contributed by atoms with Gasteiger partial charge >= 0.3 is 0 Å². The number of nitrogens with two attached hydrogens (primary N) is 1. The van der Waals surface area contributed by atoms with Crippen LogP contribution in [0.4, 0.5) is 5.82 Å². The van der Waals surface area contributed by atoms with E-state index in [9.17, 15) is 9.59 Å². The maximum atomic E-state index is 12.5. The average Bonchev–Trinajstić information content (AvgIpc) is 3.46. The predicted molar refractivity (Wildman–Crippen MR) is 117 cm³/mol. The molecule has 1 unspecified atom stereocenters. The summed E-state index contributed by atoms with van der Waals surface area (Å²) >= 11 is 0. The fraction of sp³-hybridized carbons (Fsp3) is 0.409. The first-order valence-electron chi connectivity index (χ1n) is 10.8. The van der Waals surface area contributed by atoms with E-state index in [1.807, 2.05) is 12.1 Å². The van der Waals surface area contributed by atoms with Crippen LogP contribution in [0.1, 0.15) is 36.8 Å². The Bertz CT molecular complexity index is 1160. The minimum Gasteiger partial charge on any atom is -0.470 e. The van der Waals surface area contributed by atoms with E-state index in [2.05, 4.69) is 30.9 Å². The number of imidazole rings is 1. The van der Waals surface area contributed by atoms with Crippen molar-refractivity contribution in [1.29, 1.82) is 0 Å². The molecule has 2 aromatic heterocycles. The normalized spacial score (nSPS) is 18.1. The topological polar surface area (TPSA) is 130 Å². The number of nitrogens with one attached hydrogen (secondary N) is 1. The lowest BCUT2D eigenvalue weighted by molar-refractivity contribution is -0.134. The molecule has 10 nitrogen and oxygen atoms in total. The van der Waals surface area contributed by atoms with E-state index in [-0.39, 0.29) is 25.0 Å². The van der Waals surface area contributed by atoms with Gasteiger partial charge in [0.15, 0.2) is 17.7 Å². The van der Waals surface area contributed by atoms with E-state index >= 15 is 0 Å². The molecule has 0 spiro atoms. The lowest BCUT2D eigenvalue weighted by atomic mass is 9.98. The van der Waals surface area contributed by atoms with Gasteiger partial charge in [0.25, 0.3) is 0 Å². The number of rotatable bonds is 6. The molecule has 2 aliphatic heterocycles. The number of aromatic amines is 1. The van der Waals surface area contributed by atoms with Crippen molar-refractivity contribution in [3.05, 3.63) is 42.0 Å². The number of hydrogen-bond acceptors (Lipinski definition) is 7. The molecule has 166 valence electrons. The van der Waals surface area contributed by atoms with Crippen LogP contribution in [0.2, 0.25) is 0 Å². The standard InChI is InChI=1S/C22H25N7O3/c23-17(30)6-7-18(31)28-10-8-14-3-1-4-16(15(14)11-28)32-19-5-2-9-29(19)22-20-21(25-12-24-20)26-13-27-22/h1,3-4,12-13,19H,2,5-11H2,(H2,23,30)(H,24,25,26,27). The Balaban J connectivity index is 1.37. The maximum Gasteiger partial charge on any atom is 0.223 e. The van der Waals surface area contributed by atoms with E-state index in [1.54, 1.807) is 11.2 Å². The lowest BCUT2D eigenvalue weighted by Crippen LogP contribution is -2.38. The molecule has 1 fully saturated rings. The molecule has 3 N–H and O–H groups in total. The quantitative estimate of drug-likeness (QED) is 0.600. The number of H-pyrrole nitrogens is 1. The summed E-state index contributed by atoms with van der Waals surface area (Å²) in [5.74, 6) is 1.04. The summed E-state index contributed by atoms with van der Waals surface area (Å²) in [4.78, 5) is 43.6. The van der Waals surface area contributed by atoms with E-state index in [1.165, 1.54) is 11.9 Å². The number of carbonyl (C=O) groups is 2. The van der Waals surface area contributed by atoms with Crippen LogP contribution >= 0.6 is 0 Å². The number of hydrogen-bond donors (Lipinski definition) is 2. The van der Waals surface area contributed by atoms with Crippen molar-refractivity contribution in [3.8, 4) is 5.75 Å². The molecule has 3 aromatic rings. The number of ether oxygens (including phenoxy) is 1. The van der Waals surface area contributed by atoms with Crippen molar-refractivity contribution < 1.29 is 14.3 Å². The molecule has 0 radical (unpaired) electrons. The number of carbonyl (C=O) groups excluding carboxylic acids is 2. The number of amides is 2. The lowest BCUT2D eigenvalue weighted by Gasteiger charge is -2.32. The van der Waals surface area contributed by atoms with Gasteiger partial charge in [-0.25, -0.2) is 15.0 Å². The largest absolute Gasteiger partial charge is 0.470 e. The summed E-state index contributed by atoms with van der Waals surface area (Å²) in [7, 11) is 0. The van der Waals surface area contributed by atoms with Crippen molar-refractivity contribution in [1.82, 2.24) is 24.8 Å². The van der Waals surface area contributed by atoms with Crippen molar-refractivity contribution in [3.63, 3.8) is 0 Å². The van der Waals surface area contributed by atoms with Crippen LogP contribution in [0.15, 0.2) is 30.9 Å². The van der Waals surface area contributed by atoms with Gasteiger partial charge in [0.1, 0.15) is 17.6 Å². The summed E-state index contributed by atoms with van der Waals surface area (Å²) in [6, 6.07) is 6.03. The number of fused-ring (bicyclic) bond motifs is 2. The second-order valence-electron chi connectivity index (χ2n) is 8.13. The summed E-state index contributed by atoms with van der Waals surface area (Å²) in [6.45, 7) is 1.92. The number of aromatic nitrogens is 4. The van der Waals surface area contributed by atoms with Gasteiger partial charge in [-0.05, 0) is 24.5 Å². The zero-order chi connectivity index (χ0) is 22.1. The molecule has 32 heavy (non-hydrogen) atoms. The average molecular weight is 435 g/mol. The molecule has 0 saturated carbocycles. The third-order valence-electron chi connectivity index (χ3n) is 6.10. The number of benzene rings is 1. The highest BCUT2D eigenvalue weighted by Crippen LogP contribution is 2.33. The first-order chi connectivity index (χ1) is 15.6. The van der Waals surface area contributed by atoms with Gasteiger partial charge in [0, 0.05) is 44.5 Å². The molecule has 2 aliphatic rings. The highest BCUT2D eigenvalue weighted by molar-refractivity contribution is 5.83. The molecular weight excluding hydrogens is 410 g/mol. The zero-order valence-corrected chi connectivity index (χ0v) is 17.7. The van der Waals surface area contributed by atoms with E-state index in [0.717, 1.165) is 48.5 Å². The van der Waals surface area contributed by atoms with Crippen LogP contribution in [-0.4, -0.2) is 56.0 Å². The zero-order valence-electron chi connectivity index (χ0n) is 17.7. The first-order valence-corrected chi connectivity index (χ1v) is 10.8. The van der Waals surface area contributed by atoms with Gasteiger partial charge in [-0.15, -0.1) is 0 Å². The minimum absolute atomic E-state index is 0.0608. The van der Waals surface area contributed by atoms with E-state index in [4.69, 9.17) is 10.5 Å². The highest BCUT2D eigenvalue weighted by atomic mass is 16.5. The Morgan fingerprint density at radius 2 is 2.09 bits per heavy atom. The van der Waals surface area contributed by atoms with Gasteiger partial charge < -0.3 is 25.3 Å². The van der Waals surface area contributed by atoms with Crippen LogP contribution < -0.4 is 15.4 Å². The smallest absolute Gasteiger partial charge is 0.223 e. The van der Waals surface area contributed by atoms with Crippen molar-refractivity contribution in [2.24, 2.45) is 5.73 Å². The third-order valence-corrected chi connectivity index (χ3v) is 6.10. The van der Waals surface area contributed by atoms with Crippen LogP contribution in [0.5, 0.6) is 5.75 Å². The molecule has 4 heterocycles. The number of nitrogens with zero attached hydrogens (tertiary/aromatic N) is 5. The Labute approximate surface area is 184 Å². The fourth-order valence-electron chi connectivity index (χ4n) is 4.48. The fourth-order valence-corrected chi connectivity index (χ4v) is 4.48. The van der Waals surface area contributed by atoms with E-state index < -0.39 is 5.91 Å². The molecule has 1 saturated heterocycles. The number of anilines is 1. The van der Waals surface area contributed by atoms with Gasteiger partial charge in [-0.1, -0.05) is 12.1 Å². The Morgan fingerprint density at radius 1 is 1.19 bits per heavy atom. The molecule has 1 atom stereocenters. The Kier molecular flexibility index (Phi) is 5.34. The second kappa shape index (κ2) is 8.45. The van der Waals surface area contributed by atoms with E-state index in [0.29, 0.717) is 18.7 Å². The van der Waals surface area contributed by atoms with Crippen molar-refractivity contribution in [2.45, 2.75) is 44.9 Å². The summed E-state index contributed by atoms with van der Waals surface area (Å²) in [5, 5.41) is 0. The van der Waals surface area contributed by atoms with Crippen LogP contribution in [0.3, 0.4) is 0 Å². The van der Waals surface area contributed by atoms with Gasteiger partial charge in [-0.3, -0.25) is 9.59 Å². The molecule has 1 aromatic carbocycles. The monoisotopic (exact) mass is 435 g/mol. The SMILES string of the molecule is NC(=O)CCC(=O)N1CCc2cccc(OC3CCCN3c3ncnc4nc[nH]c34)c2C1. The molecular formula is C22H25N7O3. The minimum atomic E-state index is -0.461. The molecule has 5 rings (SSSR count). The number of primary amides is 1. The van der Waals surface area contributed by atoms with Gasteiger partial charge in [-0.2, -0.15) is 0 Å².